The molecule has 0 atom stereocenters. The van der Waals surface area contributed by atoms with Crippen LogP contribution in [-0.4, -0.2) is 28.6 Å². The van der Waals surface area contributed by atoms with Gasteiger partial charge in [-0.15, -0.1) is 0 Å². The zero-order chi connectivity index (χ0) is 12.8. The largest absolute Gasteiger partial charge is 0.508 e. The number of phenolic OH excluding ortho intramolecular Hbond substituents is 2. The Balaban J connectivity index is 2.78. The van der Waals surface area contributed by atoms with Crippen molar-refractivity contribution in [3.63, 3.8) is 0 Å². The van der Waals surface area contributed by atoms with Crippen LogP contribution < -0.4 is 5.43 Å². The maximum Gasteiger partial charge on any atom is 0.427 e. The summed E-state index contributed by atoms with van der Waals surface area (Å²) >= 11 is 0. The van der Waals surface area contributed by atoms with Crippen molar-refractivity contribution in [1.29, 1.82) is 0 Å². The average molecular weight is 238 g/mol. The average Bonchev–Trinajstić information content (AvgIpc) is 2.26. The number of hydrogen-bond acceptors (Lipinski definition) is 5. The van der Waals surface area contributed by atoms with Crippen LogP contribution in [0.2, 0.25) is 0 Å². The molecule has 0 aliphatic heterocycles. The van der Waals surface area contributed by atoms with E-state index >= 15 is 0 Å². The van der Waals surface area contributed by atoms with E-state index < -0.39 is 6.09 Å². The second-order valence-corrected chi connectivity index (χ2v) is 3.23. The van der Waals surface area contributed by atoms with Crippen LogP contribution >= 0.6 is 0 Å². The number of aromatic hydroxyl groups is 2. The number of amides is 1. The number of hydrazone groups is 1. The first-order valence-electron chi connectivity index (χ1n) is 5.04. The Morgan fingerprint density at radius 2 is 2.18 bits per heavy atom. The molecule has 0 aliphatic carbocycles. The van der Waals surface area contributed by atoms with Crippen molar-refractivity contribution < 1.29 is 19.7 Å². The molecule has 0 bridgehead atoms. The fraction of sp³-hybridized carbons (Fsp3) is 0.273. The van der Waals surface area contributed by atoms with Gasteiger partial charge in [-0.3, -0.25) is 0 Å². The van der Waals surface area contributed by atoms with Gasteiger partial charge in [0.1, 0.15) is 11.5 Å². The number of phenols is 2. The van der Waals surface area contributed by atoms with Crippen molar-refractivity contribution in [2.24, 2.45) is 5.10 Å². The topological polar surface area (TPSA) is 91.2 Å². The molecule has 0 spiro atoms. The van der Waals surface area contributed by atoms with Crippen molar-refractivity contribution in [2.75, 3.05) is 6.61 Å². The van der Waals surface area contributed by atoms with Gasteiger partial charge in [0.25, 0.3) is 0 Å². The highest BCUT2D eigenvalue weighted by molar-refractivity contribution is 6.01. The second kappa shape index (κ2) is 5.74. The van der Waals surface area contributed by atoms with Gasteiger partial charge in [-0.1, -0.05) is 0 Å². The van der Waals surface area contributed by atoms with Crippen LogP contribution in [0.15, 0.2) is 23.3 Å². The van der Waals surface area contributed by atoms with Gasteiger partial charge < -0.3 is 14.9 Å². The smallest absolute Gasteiger partial charge is 0.427 e. The fourth-order valence-electron chi connectivity index (χ4n) is 1.18. The van der Waals surface area contributed by atoms with Gasteiger partial charge in [0.2, 0.25) is 0 Å². The first-order chi connectivity index (χ1) is 8.04. The predicted octanol–water partition coefficient (Wildman–Crippen LogP) is 1.57. The summed E-state index contributed by atoms with van der Waals surface area (Å²) in [7, 11) is 0. The highest BCUT2D eigenvalue weighted by Gasteiger charge is 2.06. The van der Waals surface area contributed by atoms with Crippen molar-refractivity contribution in [2.45, 2.75) is 13.8 Å². The lowest BCUT2D eigenvalue weighted by Crippen LogP contribution is -2.20. The van der Waals surface area contributed by atoms with Crippen LogP contribution in [0, 0.1) is 0 Å². The molecule has 3 N–H and O–H groups in total. The van der Waals surface area contributed by atoms with Crippen LogP contribution in [0.5, 0.6) is 11.5 Å². The van der Waals surface area contributed by atoms with Crippen molar-refractivity contribution in [3.8, 4) is 11.5 Å². The zero-order valence-electron chi connectivity index (χ0n) is 9.60. The Bertz CT molecular complexity index is 443. The minimum atomic E-state index is -0.662. The number of carbonyl (C=O) groups is 1. The highest BCUT2D eigenvalue weighted by Crippen LogP contribution is 2.22. The molecule has 0 radical (unpaired) electrons. The Labute approximate surface area is 98.5 Å². The molecular weight excluding hydrogens is 224 g/mol. The summed E-state index contributed by atoms with van der Waals surface area (Å²) in [5.74, 6) is -0.158. The molecule has 0 unspecified atom stereocenters. The molecule has 0 saturated carbocycles. The van der Waals surface area contributed by atoms with Gasteiger partial charge in [-0.25, -0.2) is 10.2 Å². The third-order valence-electron chi connectivity index (χ3n) is 1.96. The van der Waals surface area contributed by atoms with Gasteiger partial charge in [-0.2, -0.15) is 5.10 Å². The summed E-state index contributed by atoms with van der Waals surface area (Å²) in [5.41, 5.74) is 2.99. The summed E-state index contributed by atoms with van der Waals surface area (Å²) in [6.45, 7) is 3.55. The number of carbonyl (C=O) groups excluding carboxylic acids is 1. The van der Waals surface area contributed by atoms with Crippen LogP contribution in [0.1, 0.15) is 19.4 Å². The number of ether oxygens (including phenoxy) is 1. The Morgan fingerprint density at radius 3 is 2.76 bits per heavy atom. The summed E-state index contributed by atoms with van der Waals surface area (Å²) in [6, 6.07) is 4.10. The third kappa shape index (κ3) is 3.67. The number of rotatable bonds is 3. The molecule has 17 heavy (non-hydrogen) atoms. The number of nitrogens with one attached hydrogen (secondary N) is 1. The standard InChI is InChI=1S/C11H14N2O4/c1-3-17-11(16)13-12-7(2)9-5-4-8(14)6-10(9)15/h4-6,14-15H,3H2,1-2H3,(H,13,16)/b12-7-. The summed E-state index contributed by atoms with van der Waals surface area (Å²) in [4.78, 5) is 11.0. The monoisotopic (exact) mass is 238 g/mol. The minimum absolute atomic E-state index is 0.0441. The minimum Gasteiger partial charge on any atom is -0.508 e. The molecule has 1 aromatic rings. The predicted molar refractivity (Wildman–Crippen MR) is 62.1 cm³/mol. The van der Waals surface area contributed by atoms with Crippen molar-refractivity contribution in [1.82, 2.24) is 5.43 Å². The Kier molecular flexibility index (Phi) is 4.33. The van der Waals surface area contributed by atoms with Gasteiger partial charge in [0.05, 0.1) is 12.3 Å². The van der Waals surface area contributed by atoms with E-state index in [1.54, 1.807) is 13.8 Å². The van der Waals surface area contributed by atoms with Gasteiger partial charge in [0, 0.05) is 11.6 Å². The molecule has 0 fully saturated rings. The van der Waals surface area contributed by atoms with Crippen molar-refractivity contribution in [3.05, 3.63) is 23.8 Å². The second-order valence-electron chi connectivity index (χ2n) is 3.23. The lowest BCUT2D eigenvalue weighted by Gasteiger charge is -2.05. The number of benzene rings is 1. The van der Waals surface area contributed by atoms with E-state index in [4.69, 9.17) is 5.11 Å². The van der Waals surface area contributed by atoms with Crippen LogP contribution in [0.3, 0.4) is 0 Å². The fourth-order valence-corrected chi connectivity index (χ4v) is 1.18. The van der Waals surface area contributed by atoms with Gasteiger partial charge in [-0.05, 0) is 26.0 Å². The van der Waals surface area contributed by atoms with E-state index in [1.807, 2.05) is 0 Å². The Hall–Kier alpha value is -2.24. The van der Waals surface area contributed by atoms with Crippen LogP contribution in [0.4, 0.5) is 4.79 Å². The lowest BCUT2D eigenvalue weighted by atomic mass is 10.1. The maximum absolute atomic E-state index is 11.0. The normalized spacial score (nSPS) is 11.1. The first-order valence-corrected chi connectivity index (χ1v) is 5.04. The molecule has 1 aromatic carbocycles. The molecule has 1 rings (SSSR count). The van der Waals surface area contributed by atoms with Crippen LogP contribution in [0.25, 0.3) is 0 Å². The molecule has 0 heterocycles. The molecule has 92 valence electrons. The van der Waals surface area contributed by atoms with Gasteiger partial charge >= 0.3 is 6.09 Å². The molecule has 0 aliphatic rings. The van der Waals surface area contributed by atoms with E-state index in [9.17, 15) is 9.90 Å². The van der Waals surface area contributed by atoms with E-state index in [2.05, 4.69) is 15.3 Å². The molecular formula is C11H14N2O4. The lowest BCUT2D eigenvalue weighted by molar-refractivity contribution is 0.152. The van der Waals surface area contributed by atoms with E-state index in [0.29, 0.717) is 11.3 Å². The maximum atomic E-state index is 11.0. The van der Waals surface area contributed by atoms with E-state index in [1.165, 1.54) is 18.2 Å². The van der Waals surface area contributed by atoms with E-state index in [0.717, 1.165) is 0 Å². The molecule has 1 amide bonds. The van der Waals surface area contributed by atoms with Crippen molar-refractivity contribution >= 4 is 11.8 Å². The quantitative estimate of drug-likeness (QED) is 0.550. The zero-order valence-corrected chi connectivity index (χ0v) is 9.60. The molecule has 0 aromatic heterocycles. The Morgan fingerprint density at radius 1 is 1.47 bits per heavy atom. The first kappa shape index (κ1) is 12.8. The van der Waals surface area contributed by atoms with Crippen LogP contribution in [-0.2, 0) is 4.74 Å². The summed E-state index contributed by atoms with van der Waals surface area (Å²) in [5, 5.41) is 22.4. The highest BCUT2D eigenvalue weighted by atomic mass is 16.5. The number of nitrogens with zero attached hydrogens (tertiary/aromatic N) is 1. The summed E-state index contributed by atoms with van der Waals surface area (Å²) in [6.07, 6.45) is -0.662. The SMILES string of the molecule is CCOC(=O)N/N=C(/C)c1ccc(O)cc1O. The number of hydrogen-bond donors (Lipinski definition) is 3. The molecule has 0 saturated heterocycles. The summed E-state index contributed by atoms with van der Waals surface area (Å²) < 4.78 is 4.62. The van der Waals surface area contributed by atoms with Gasteiger partial charge in [0.15, 0.2) is 0 Å². The van der Waals surface area contributed by atoms with E-state index in [-0.39, 0.29) is 18.1 Å². The third-order valence-corrected chi connectivity index (χ3v) is 1.96. The molecule has 6 nitrogen and oxygen atoms in total. The molecule has 6 heteroatoms.